The second-order valence-corrected chi connectivity index (χ2v) is 8.68. The van der Waals surface area contributed by atoms with Crippen molar-refractivity contribution in [2.75, 3.05) is 14.1 Å². The third-order valence-corrected chi connectivity index (χ3v) is 5.99. The van der Waals surface area contributed by atoms with E-state index in [2.05, 4.69) is 43.3 Å². The van der Waals surface area contributed by atoms with E-state index >= 15 is 0 Å². The van der Waals surface area contributed by atoms with Gasteiger partial charge in [-0.15, -0.1) is 0 Å². The summed E-state index contributed by atoms with van der Waals surface area (Å²) in [5.74, 6) is 0.355. The number of halogens is 2. The zero-order valence-corrected chi connectivity index (χ0v) is 18.0. The molecule has 1 aliphatic rings. The van der Waals surface area contributed by atoms with E-state index in [0.29, 0.717) is 16.0 Å². The van der Waals surface area contributed by atoms with Gasteiger partial charge in [-0.2, -0.15) is 0 Å². The van der Waals surface area contributed by atoms with E-state index in [0.717, 1.165) is 37.8 Å². The smallest absolute Gasteiger partial charge is 0.310 e. The fourth-order valence-electron chi connectivity index (χ4n) is 3.82. The maximum atomic E-state index is 12.3. The van der Waals surface area contributed by atoms with Gasteiger partial charge in [-0.05, 0) is 74.5 Å². The lowest BCUT2D eigenvalue weighted by molar-refractivity contribution is -0.149. The number of esters is 1. The molecule has 2 aromatic carbocycles. The van der Waals surface area contributed by atoms with Crippen molar-refractivity contribution in [2.24, 2.45) is 0 Å². The van der Waals surface area contributed by atoms with Gasteiger partial charge in [-0.25, -0.2) is 0 Å². The summed E-state index contributed by atoms with van der Waals surface area (Å²) >= 11 is 11.9. The summed E-state index contributed by atoms with van der Waals surface area (Å²) in [6.07, 6.45) is 4.17. The summed E-state index contributed by atoms with van der Waals surface area (Å²) in [7, 11) is 4.16. The van der Waals surface area contributed by atoms with Crippen molar-refractivity contribution in [1.29, 1.82) is 0 Å². The molecule has 28 heavy (non-hydrogen) atoms. The number of carbonyl (C=O) groups is 1. The van der Waals surface area contributed by atoms with E-state index in [4.69, 9.17) is 27.9 Å². The van der Waals surface area contributed by atoms with Crippen LogP contribution < -0.4 is 0 Å². The van der Waals surface area contributed by atoms with E-state index in [1.54, 1.807) is 12.1 Å². The van der Waals surface area contributed by atoms with Gasteiger partial charge in [0.2, 0.25) is 0 Å². The molecule has 5 heteroatoms. The van der Waals surface area contributed by atoms with Gasteiger partial charge >= 0.3 is 5.97 Å². The highest BCUT2D eigenvalue weighted by molar-refractivity contribution is 6.42. The van der Waals surface area contributed by atoms with Crippen molar-refractivity contribution in [3.05, 3.63) is 69.2 Å². The van der Waals surface area contributed by atoms with Crippen LogP contribution in [-0.4, -0.2) is 31.1 Å². The predicted molar refractivity (Wildman–Crippen MR) is 115 cm³/mol. The number of ether oxygens (including phenoxy) is 1. The molecule has 1 saturated carbocycles. The van der Waals surface area contributed by atoms with Gasteiger partial charge in [-0.1, -0.05) is 53.5 Å². The van der Waals surface area contributed by atoms with E-state index in [9.17, 15) is 4.79 Å². The molecule has 0 unspecified atom stereocenters. The normalized spacial score (nSPS) is 19.6. The zero-order valence-electron chi connectivity index (χ0n) is 16.5. The van der Waals surface area contributed by atoms with Crippen LogP contribution in [0, 0.1) is 0 Å². The van der Waals surface area contributed by atoms with Gasteiger partial charge in [0.05, 0.1) is 16.5 Å². The quantitative estimate of drug-likeness (QED) is 0.548. The van der Waals surface area contributed by atoms with E-state index in [1.165, 1.54) is 11.1 Å². The van der Waals surface area contributed by atoms with Crippen LogP contribution >= 0.6 is 23.2 Å². The molecular weight excluding hydrogens is 393 g/mol. The van der Waals surface area contributed by atoms with Gasteiger partial charge in [0.25, 0.3) is 0 Å². The van der Waals surface area contributed by atoms with Crippen LogP contribution in [0.4, 0.5) is 0 Å². The molecule has 0 amide bonds. The predicted octanol–water partition coefficient (Wildman–Crippen LogP) is 5.87. The third-order valence-electron chi connectivity index (χ3n) is 5.25. The number of benzene rings is 2. The molecular formula is C23H27Cl2NO2. The first-order valence-electron chi connectivity index (χ1n) is 9.77. The van der Waals surface area contributed by atoms with Crippen molar-refractivity contribution >= 4 is 29.2 Å². The average molecular weight is 420 g/mol. The number of carbonyl (C=O) groups excluding carboxylic acids is 1. The van der Waals surface area contributed by atoms with E-state index < -0.39 is 0 Å². The minimum atomic E-state index is -0.199. The highest BCUT2D eigenvalue weighted by Crippen LogP contribution is 2.34. The number of nitrogens with zero attached hydrogens (tertiary/aromatic N) is 1. The number of rotatable bonds is 6. The van der Waals surface area contributed by atoms with Gasteiger partial charge in [0.1, 0.15) is 6.10 Å². The fourth-order valence-corrected chi connectivity index (χ4v) is 4.14. The topological polar surface area (TPSA) is 29.5 Å². The number of hydrogen-bond acceptors (Lipinski definition) is 3. The second-order valence-electron chi connectivity index (χ2n) is 7.87. The average Bonchev–Trinajstić information content (AvgIpc) is 2.65. The minimum absolute atomic E-state index is 0.0135. The highest BCUT2D eigenvalue weighted by Gasteiger charge is 2.25. The monoisotopic (exact) mass is 419 g/mol. The van der Waals surface area contributed by atoms with Crippen LogP contribution in [0.3, 0.4) is 0 Å². The van der Waals surface area contributed by atoms with Crippen LogP contribution in [0.2, 0.25) is 10.0 Å². The Morgan fingerprint density at radius 1 is 0.964 bits per heavy atom. The molecule has 0 heterocycles. The molecule has 0 bridgehead atoms. The lowest BCUT2D eigenvalue weighted by atomic mass is 9.82. The van der Waals surface area contributed by atoms with Crippen LogP contribution in [-0.2, 0) is 22.5 Å². The van der Waals surface area contributed by atoms with Gasteiger partial charge in [0.15, 0.2) is 0 Å². The lowest BCUT2D eigenvalue weighted by Crippen LogP contribution is -2.24. The Kier molecular flexibility index (Phi) is 7.39. The highest BCUT2D eigenvalue weighted by atomic mass is 35.5. The van der Waals surface area contributed by atoms with Gasteiger partial charge < -0.3 is 9.64 Å². The molecule has 0 aliphatic heterocycles. The standard InChI is InChI=1S/C23H27Cl2NO2/c1-26(2)15-16-3-6-18(7-4-16)19-8-10-20(11-9-19)28-23(27)14-17-5-12-21(24)22(25)13-17/h3-7,12-13,19-20H,8-11,14-15H2,1-2H3/t19-,20+. The third kappa shape index (κ3) is 5.97. The van der Waals surface area contributed by atoms with Crippen LogP contribution in [0.15, 0.2) is 42.5 Å². The number of hydrogen-bond donors (Lipinski definition) is 0. The Labute approximate surface area is 177 Å². The Hall–Kier alpha value is -1.55. The summed E-state index contributed by atoms with van der Waals surface area (Å²) in [4.78, 5) is 14.4. The SMILES string of the molecule is CN(C)Cc1ccc([C@H]2CC[C@@H](OC(=O)Cc3ccc(Cl)c(Cl)c3)CC2)cc1. The molecule has 3 rings (SSSR count). The first-order chi connectivity index (χ1) is 13.4. The maximum Gasteiger partial charge on any atom is 0.310 e. The van der Waals surface area contributed by atoms with E-state index in [-0.39, 0.29) is 18.5 Å². The minimum Gasteiger partial charge on any atom is -0.462 e. The molecule has 0 spiro atoms. The zero-order chi connectivity index (χ0) is 20.1. The van der Waals surface area contributed by atoms with Gasteiger partial charge in [-0.3, -0.25) is 4.79 Å². The molecule has 0 aromatic heterocycles. The van der Waals surface area contributed by atoms with Crippen molar-refractivity contribution < 1.29 is 9.53 Å². The molecule has 3 nitrogen and oxygen atoms in total. The first kappa shape index (κ1) is 21.2. The first-order valence-corrected chi connectivity index (χ1v) is 10.5. The summed E-state index contributed by atoms with van der Waals surface area (Å²) in [6, 6.07) is 14.2. The van der Waals surface area contributed by atoms with Crippen molar-refractivity contribution in [3.63, 3.8) is 0 Å². The van der Waals surface area contributed by atoms with Crippen LogP contribution in [0.1, 0.15) is 48.3 Å². The van der Waals surface area contributed by atoms with Crippen molar-refractivity contribution in [2.45, 2.75) is 50.7 Å². The summed E-state index contributed by atoms with van der Waals surface area (Å²) in [6.45, 7) is 0.960. The Morgan fingerprint density at radius 3 is 2.21 bits per heavy atom. The molecule has 0 radical (unpaired) electrons. The molecule has 1 fully saturated rings. The van der Waals surface area contributed by atoms with Crippen LogP contribution in [0.5, 0.6) is 0 Å². The molecule has 1 aliphatic carbocycles. The Bertz CT molecular complexity index is 797. The van der Waals surface area contributed by atoms with Crippen LogP contribution in [0.25, 0.3) is 0 Å². The Morgan fingerprint density at radius 2 is 1.61 bits per heavy atom. The Balaban J connectivity index is 1.47. The summed E-state index contributed by atoms with van der Waals surface area (Å²) in [5.41, 5.74) is 3.55. The summed E-state index contributed by atoms with van der Waals surface area (Å²) in [5, 5.41) is 0.955. The van der Waals surface area contributed by atoms with Crippen molar-refractivity contribution in [1.82, 2.24) is 4.90 Å². The largest absolute Gasteiger partial charge is 0.462 e. The van der Waals surface area contributed by atoms with Gasteiger partial charge in [0, 0.05) is 6.54 Å². The molecule has 0 saturated heterocycles. The molecule has 150 valence electrons. The summed E-state index contributed by atoms with van der Waals surface area (Å²) < 4.78 is 5.69. The molecule has 2 aromatic rings. The maximum absolute atomic E-state index is 12.3. The fraction of sp³-hybridized carbons (Fsp3) is 0.435. The van der Waals surface area contributed by atoms with E-state index in [1.807, 2.05) is 6.07 Å². The van der Waals surface area contributed by atoms with Crippen molar-refractivity contribution in [3.8, 4) is 0 Å². The lowest BCUT2D eigenvalue weighted by Gasteiger charge is -2.28. The molecule has 0 atom stereocenters. The molecule has 0 N–H and O–H groups in total. The second kappa shape index (κ2) is 9.78.